The van der Waals surface area contributed by atoms with Crippen molar-refractivity contribution in [3.8, 4) is 11.5 Å². The van der Waals surface area contributed by atoms with Crippen LogP contribution in [0.2, 0.25) is 0 Å². The van der Waals surface area contributed by atoms with Gasteiger partial charge in [0.25, 0.3) is 0 Å². The summed E-state index contributed by atoms with van der Waals surface area (Å²) in [5.41, 5.74) is 1.85. The molecule has 2 aliphatic rings. The highest BCUT2D eigenvalue weighted by Crippen LogP contribution is 2.37. The molecule has 84 valence electrons. The van der Waals surface area contributed by atoms with E-state index in [1.165, 1.54) is 0 Å². The van der Waals surface area contributed by atoms with Crippen LogP contribution >= 0.6 is 15.9 Å². The number of alkyl halides is 1. The number of carbonyl (C=O) groups excluding carboxylic acids is 1. The molecule has 3 rings (SSSR count). The summed E-state index contributed by atoms with van der Waals surface area (Å²) in [6.07, 6.45) is 1.76. The Morgan fingerprint density at radius 3 is 2.62 bits per heavy atom. The van der Waals surface area contributed by atoms with Crippen molar-refractivity contribution in [3.63, 3.8) is 0 Å². The highest BCUT2D eigenvalue weighted by atomic mass is 79.9. The summed E-state index contributed by atoms with van der Waals surface area (Å²) in [6.45, 7) is 1.14. The smallest absolute Gasteiger partial charge is 0.176 e. The second-order valence-electron chi connectivity index (χ2n) is 4.02. The van der Waals surface area contributed by atoms with Crippen LogP contribution in [0.15, 0.2) is 12.1 Å². The molecule has 4 heteroatoms. The molecule has 0 bridgehead atoms. The molecular formula is C12H11BrO3. The largest absolute Gasteiger partial charge is 0.486 e. The van der Waals surface area contributed by atoms with Crippen molar-refractivity contribution >= 4 is 21.7 Å². The molecule has 0 spiro atoms. The number of rotatable bonds is 0. The van der Waals surface area contributed by atoms with Gasteiger partial charge in [-0.25, -0.2) is 0 Å². The number of ketones is 1. The van der Waals surface area contributed by atoms with Gasteiger partial charge < -0.3 is 9.47 Å². The molecule has 3 nitrogen and oxygen atoms in total. The summed E-state index contributed by atoms with van der Waals surface area (Å²) < 4.78 is 11.0. The number of hydrogen-bond acceptors (Lipinski definition) is 3. The monoisotopic (exact) mass is 282 g/mol. The van der Waals surface area contributed by atoms with Gasteiger partial charge in [-0.2, -0.15) is 0 Å². The number of halogens is 1. The molecular weight excluding hydrogens is 272 g/mol. The van der Waals surface area contributed by atoms with Gasteiger partial charge >= 0.3 is 0 Å². The number of benzene rings is 1. The van der Waals surface area contributed by atoms with Gasteiger partial charge in [-0.15, -0.1) is 0 Å². The Bertz CT molecular complexity index is 456. The Balaban J connectivity index is 2.10. The maximum Gasteiger partial charge on any atom is 0.176 e. The topological polar surface area (TPSA) is 35.5 Å². The fourth-order valence-electron chi connectivity index (χ4n) is 2.15. The standard InChI is InChI=1S/C12H11BrO3/c13-9-2-1-7-5-10-11(16-4-3-15-10)6-8(7)12(9)14/h5-6,9H,1-4H2. The highest BCUT2D eigenvalue weighted by Gasteiger charge is 2.27. The average molecular weight is 283 g/mol. The van der Waals surface area contributed by atoms with Gasteiger partial charge in [-0.05, 0) is 30.5 Å². The van der Waals surface area contributed by atoms with Gasteiger partial charge in [0.05, 0.1) is 4.83 Å². The van der Waals surface area contributed by atoms with Crippen molar-refractivity contribution in [1.29, 1.82) is 0 Å². The van der Waals surface area contributed by atoms with E-state index in [0.29, 0.717) is 19.0 Å². The van der Waals surface area contributed by atoms with Crippen molar-refractivity contribution < 1.29 is 14.3 Å². The lowest BCUT2D eigenvalue weighted by Crippen LogP contribution is -2.24. The van der Waals surface area contributed by atoms with Crippen molar-refractivity contribution in [3.05, 3.63) is 23.3 Å². The summed E-state index contributed by atoms with van der Waals surface area (Å²) in [6, 6.07) is 3.76. The van der Waals surface area contributed by atoms with E-state index >= 15 is 0 Å². The first-order valence-corrected chi connectivity index (χ1v) is 6.28. The summed E-state index contributed by atoms with van der Waals surface area (Å²) in [5.74, 6) is 1.61. The maximum absolute atomic E-state index is 12.0. The summed E-state index contributed by atoms with van der Waals surface area (Å²) >= 11 is 3.40. The van der Waals surface area contributed by atoms with E-state index in [4.69, 9.17) is 9.47 Å². The van der Waals surface area contributed by atoms with Crippen LogP contribution < -0.4 is 9.47 Å². The minimum Gasteiger partial charge on any atom is -0.486 e. The molecule has 1 heterocycles. The lowest BCUT2D eigenvalue weighted by molar-refractivity contribution is 0.0980. The van der Waals surface area contributed by atoms with Crippen molar-refractivity contribution in [1.82, 2.24) is 0 Å². The first-order chi connectivity index (χ1) is 7.75. The molecule has 16 heavy (non-hydrogen) atoms. The molecule has 0 fully saturated rings. The SMILES string of the molecule is O=C1c2cc3c(cc2CCC1Br)OCCO3. The number of ether oxygens (including phenoxy) is 2. The Labute approximate surface area is 102 Å². The van der Waals surface area contributed by atoms with E-state index in [1.54, 1.807) is 0 Å². The Morgan fingerprint density at radius 1 is 1.19 bits per heavy atom. The summed E-state index contributed by atoms with van der Waals surface area (Å²) in [5, 5.41) is 0. The number of aryl methyl sites for hydroxylation is 1. The summed E-state index contributed by atoms with van der Waals surface area (Å²) in [7, 11) is 0. The van der Waals surface area contributed by atoms with E-state index in [2.05, 4.69) is 15.9 Å². The Hall–Kier alpha value is -1.03. The highest BCUT2D eigenvalue weighted by molar-refractivity contribution is 9.10. The van der Waals surface area contributed by atoms with Crippen LogP contribution in [0.5, 0.6) is 11.5 Å². The maximum atomic E-state index is 12.0. The van der Waals surface area contributed by atoms with Gasteiger partial charge in [0, 0.05) is 5.56 Å². The van der Waals surface area contributed by atoms with Crippen molar-refractivity contribution in [2.75, 3.05) is 13.2 Å². The summed E-state index contributed by atoms with van der Waals surface area (Å²) in [4.78, 5) is 11.9. The van der Waals surface area contributed by atoms with Crippen LogP contribution in [0, 0.1) is 0 Å². The molecule has 1 aliphatic heterocycles. The fourth-order valence-corrected chi connectivity index (χ4v) is 2.62. The predicted molar refractivity (Wildman–Crippen MR) is 62.8 cm³/mol. The average Bonchev–Trinajstić information content (AvgIpc) is 2.32. The predicted octanol–water partition coefficient (Wildman–Crippen LogP) is 2.35. The molecule has 1 aromatic carbocycles. The zero-order valence-corrected chi connectivity index (χ0v) is 10.2. The molecule has 0 saturated heterocycles. The molecule has 1 unspecified atom stereocenters. The van der Waals surface area contributed by atoms with Crippen LogP contribution in [0.4, 0.5) is 0 Å². The van der Waals surface area contributed by atoms with E-state index < -0.39 is 0 Å². The molecule has 0 radical (unpaired) electrons. The van der Waals surface area contributed by atoms with Crippen LogP contribution in [-0.4, -0.2) is 23.8 Å². The van der Waals surface area contributed by atoms with E-state index in [1.807, 2.05) is 12.1 Å². The molecule has 0 amide bonds. The zero-order valence-electron chi connectivity index (χ0n) is 8.66. The fraction of sp³-hybridized carbons (Fsp3) is 0.417. The second-order valence-corrected chi connectivity index (χ2v) is 5.13. The Morgan fingerprint density at radius 2 is 1.88 bits per heavy atom. The van der Waals surface area contributed by atoms with Gasteiger partial charge in [0.2, 0.25) is 0 Å². The third-order valence-electron chi connectivity index (χ3n) is 2.99. The van der Waals surface area contributed by atoms with Gasteiger partial charge in [-0.3, -0.25) is 4.79 Å². The van der Waals surface area contributed by atoms with Gasteiger partial charge in [-0.1, -0.05) is 15.9 Å². The van der Waals surface area contributed by atoms with E-state index in [-0.39, 0.29) is 10.6 Å². The molecule has 1 aromatic rings. The lowest BCUT2D eigenvalue weighted by Gasteiger charge is -2.24. The first-order valence-electron chi connectivity index (χ1n) is 5.36. The van der Waals surface area contributed by atoms with Crippen LogP contribution in [0.1, 0.15) is 22.3 Å². The molecule has 1 atom stereocenters. The van der Waals surface area contributed by atoms with E-state index in [0.717, 1.165) is 29.7 Å². The lowest BCUT2D eigenvalue weighted by atomic mass is 9.90. The normalized spacial score (nSPS) is 22.8. The quantitative estimate of drug-likeness (QED) is 0.686. The molecule has 1 aliphatic carbocycles. The number of fused-ring (bicyclic) bond motifs is 2. The van der Waals surface area contributed by atoms with Gasteiger partial charge in [0.1, 0.15) is 13.2 Å². The first kappa shape index (κ1) is 10.1. The number of carbonyl (C=O) groups is 1. The third-order valence-corrected chi connectivity index (χ3v) is 3.86. The van der Waals surface area contributed by atoms with E-state index in [9.17, 15) is 4.79 Å². The number of hydrogen-bond donors (Lipinski definition) is 0. The minimum absolute atomic E-state index is 0.0532. The van der Waals surface area contributed by atoms with Gasteiger partial charge in [0.15, 0.2) is 17.3 Å². The third kappa shape index (κ3) is 1.52. The van der Waals surface area contributed by atoms with Crippen LogP contribution in [0.25, 0.3) is 0 Å². The minimum atomic E-state index is -0.0532. The second kappa shape index (κ2) is 3.77. The Kier molecular flexibility index (Phi) is 2.39. The zero-order chi connectivity index (χ0) is 11.1. The molecule has 0 N–H and O–H groups in total. The molecule has 0 saturated carbocycles. The van der Waals surface area contributed by atoms with Crippen LogP contribution in [-0.2, 0) is 6.42 Å². The van der Waals surface area contributed by atoms with Crippen LogP contribution in [0.3, 0.4) is 0 Å². The van der Waals surface area contributed by atoms with Crippen molar-refractivity contribution in [2.24, 2.45) is 0 Å². The number of Topliss-reactive ketones (excluding diaryl/α,β-unsaturated/α-hetero) is 1. The molecule has 0 aromatic heterocycles. The van der Waals surface area contributed by atoms with Crippen molar-refractivity contribution in [2.45, 2.75) is 17.7 Å².